The van der Waals surface area contributed by atoms with E-state index in [9.17, 15) is 13.2 Å². The highest BCUT2D eigenvalue weighted by Gasteiger charge is 2.60. The van der Waals surface area contributed by atoms with Crippen molar-refractivity contribution in [3.8, 4) is 17.3 Å². The van der Waals surface area contributed by atoms with Crippen LogP contribution in [-0.2, 0) is 12.5 Å². The summed E-state index contributed by atoms with van der Waals surface area (Å²) in [7, 11) is 1.91. The van der Waals surface area contributed by atoms with Gasteiger partial charge in [0.15, 0.2) is 17.3 Å². The molecule has 7 nitrogen and oxygen atoms in total. The van der Waals surface area contributed by atoms with Crippen LogP contribution in [0.5, 0.6) is 5.75 Å². The molecule has 0 radical (unpaired) electrons. The van der Waals surface area contributed by atoms with Crippen LogP contribution in [0.3, 0.4) is 0 Å². The second-order valence-corrected chi connectivity index (χ2v) is 9.76. The Labute approximate surface area is 193 Å². The van der Waals surface area contributed by atoms with Crippen molar-refractivity contribution in [2.45, 2.75) is 36.7 Å². The standard InChI is InChI=1S/C22H24F3N5O2S/c1-14-18(31-13-26-14)19-27-28-20(29(19)2)33-8-4-7-30-11-16-10-21(16,12-30)15-5-3-6-17(9-15)32-22(23,24)25/h3,5-6,9,13,16H,4,7-8,10-12H2,1-2H3/t16-,21+/m0/s1. The number of piperidine rings is 1. The van der Waals surface area contributed by atoms with E-state index in [1.807, 2.05) is 24.6 Å². The smallest absolute Gasteiger partial charge is 0.440 e. The van der Waals surface area contributed by atoms with Crippen LogP contribution in [0.4, 0.5) is 13.2 Å². The Morgan fingerprint density at radius 1 is 1.30 bits per heavy atom. The van der Waals surface area contributed by atoms with E-state index >= 15 is 0 Å². The number of halogens is 3. The van der Waals surface area contributed by atoms with E-state index in [1.165, 1.54) is 12.5 Å². The minimum atomic E-state index is -4.67. The summed E-state index contributed by atoms with van der Waals surface area (Å²) in [5.74, 6) is 2.54. The Balaban J connectivity index is 1.13. The summed E-state index contributed by atoms with van der Waals surface area (Å²) in [5.41, 5.74) is 1.69. The molecule has 2 aromatic heterocycles. The number of benzene rings is 1. The van der Waals surface area contributed by atoms with Crippen LogP contribution in [0.15, 0.2) is 40.2 Å². The molecule has 0 amide bonds. The zero-order chi connectivity index (χ0) is 23.2. The van der Waals surface area contributed by atoms with Gasteiger partial charge in [0.1, 0.15) is 5.75 Å². The van der Waals surface area contributed by atoms with Crippen molar-refractivity contribution < 1.29 is 22.3 Å². The molecule has 33 heavy (non-hydrogen) atoms. The summed E-state index contributed by atoms with van der Waals surface area (Å²) >= 11 is 1.65. The second-order valence-electron chi connectivity index (χ2n) is 8.70. The molecule has 3 aromatic rings. The normalized spacial score (nSPS) is 22.5. The van der Waals surface area contributed by atoms with Gasteiger partial charge < -0.3 is 18.6 Å². The predicted molar refractivity (Wildman–Crippen MR) is 116 cm³/mol. The van der Waals surface area contributed by atoms with E-state index in [0.717, 1.165) is 54.6 Å². The first-order chi connectivity index (χ1) is 15.7. The number of nitrogens with zero attached hydrogens (tertiary/aromatic N) is 5. The lowest BCUT2D eigenvalue weighted by Gasteiger charge is -2.21. The van der Waals surface area contributed by atoms with Crippen LogP contribution in [0.25, 0.3) is 11.6 Å². The maximum absolute atomic E-state index is 12.6. The van der Waals surface area contributed by atoms with Crippen LogP contribution < -0.4 is 4.74 Å². The van der Waals surface area contributed by atoms with Crippen molar-refractivity contribution in [1.29, 1.82) is 0 Å². The fraction of sp³-hybridized carbons (Fsp3) is 0.500. The lowest BCUT2D eigenvalue weighted by molar-refractivity contribution is -0.274. The fourth-order valence-corrected chi connectivity index (χ4v) is 5.65. The molecule has 2 fully saturated rings. The Morgan fingerprint density at radius 3 is 2.91 bits per heavy atom. The van der Waals surface area contributed by atoms with E-state index in [0.29, 0.717) is 17.5 Å². The number of ether oxygens (including phenoxy) is 1. The van der Waals surface area contributed by atoms with Crippen molar-refractivity contribution in [3.63, 3.8) is 0 Å². The Morgan fingerprint density at radius 2 is 2.15 bits per heavy atom. The molecule has 1 aliphatic carbocycles. The average Bonchev–Trinajstić information content (AvgIpc) is 3.05. The number of alkyl halides is 3. The zero-order valence-electron chi connectivity index (χ0n) is 18.3. The molecule has 2 aliphatic rings. The number of hydrogen-bond donors (Lipinski definition) is 0. The number of aromatic nitrogens is 4. The van der Waals surface area contributed by atoms with Crippen molar-refractivity contribution >= 4 is 11.8 Å². The van der Waals surface area contributed by atoms with E-state index < -0.39 is 6.36 Å². The first-order valence-corrected chi connectivity index (χ1v) is 11.7. The van der Waals surface area contributed by atoms with Gasteiger partial charge in [-0.1, -0.05) is 23.9 Å². The molecule has 0 spiro atoms. The van der Waals surface area contributed by atoms with Crippen molar-refractivity contribution in [2.75, 3.05) is 25.4 Å². The monoisotopic (exact) mass is 479 g/mol. The number of likely N-dealkylation sites (tertiary alicyclic amines) is 1. The minimum Gasteiger partial charge on any atom is -0.440 e. The molecule has 176 valence electrons. The molecule has 1 aliphatic heterocycles. The molecule has 0 N–H and O–H groups in total. The second kappa shape index (κ2) is 8.35. The summed E-state index contributed by atoms with van der Waals surface area (Å²) in [4.78, 5) is 6.51. The van der Waals surface area contributed by atoms with Gasteiger partial charge in [-0.2, -0.15) is 0 Å². The molecule has 1 saturated carbocycles. The fourth-order valence-electron chi connectivity index (χ4n) is 4.81. The Hall–Kier alpha value is -2.53. The predicted octanol–water partition coefficient (Wildman–Crippen LogP) is 4.43. The third kappa shape index (κ3) is 4.48. The topological polar surface area (TPSA) is 69.2 Å². The SMILES string of the molecule is Cc1ncoc1-c1nnc(SCCCN2C[C@@H]3C[C@]3(c3cccc(OC(F)(F)F)c3)C2)n1C. The van der Waals surface area contributed by atoms with Gasteiger partial charge in [0.05, 0.1) is 5.69 Å². The number of hydrogen-bond acceptors (Lipinski definition) is 7. The molecular weight excluding hydrogens is 455 g/mol. The number of rotatable bonds is 8. The lowest BCUT2D eigenvalue weighted by atomic mass is 9.95. The van der Waals surface area contributed by atoms with Gasteiger partial charge in [0.2, 0.25) is 5.82 Å². The van der Waals surface area contributed by atoms with Gasteiger partial charge in [-0.15, -0.1) is 23.4 Å². The quantitative estimate of drug-likeness (QED) is 0.350. The molecular formula is C22H24F3N5O2S. The number of fused-ring (bicyclic) bond motifs is 1. The minimum absolute atomic E-state index is 0.0362. The van der Waals surface area contributed by atoms with Crippen molar-refractivity contribution in [1.82, 2.24) is 24.6 Å². The highest BCUT2D eigenvalue weighted by atomic mass is 32.2. The van der Waals surface area contributed by atoms with E-state index in [4.69, 9.17) is 4.42 Å². The molecule has 11 heteroatoms. The lowest BCUT2D eigenvalue weighted by Crippen LogP contribution is -2.28. The first kappa shape index (κ1) is 22.3. The van der Waals surface area contributed by atoms with Crippen LogP contribution in [-0.4, -0.2) is 56.4 Å². The highest BCUT2D eigenvalue weighted by Crippen LogP contribution is 2.59. The van der Waals surface area contributed by atoms with Crippen LogP contribution >= 0.6 is 11.8 Å². The summed E-state index contributed by atoms with van der Waals surface area (Å²) < 4.78 is 49.2. The average molecular weight is 480 g/mol. The number of oxazole rings is 1. The molecule has 0 unspecified atom stereocenters. The van der Waals surface area contributed by atoms with Gasteiger partial charge in [-0.25, -0.2) is 4.98 Å². The maximum atomic E-state index is 12.6. The summed E-state index contributed by atoms with van der Waals surface area (Å²) in [6.07, 6.45) is -1.26. The number of aryl methyl sites for hydroxylation is 1. The first-order valence-electron chi connectivity index (χ1n) is 10.8. The van der Waals surface area contributed by atoms with Gasteiger partial charge in [0, 0.05) is 31.3 Å². The molecule has 2 atom stereocenters. The van der Waals surface area contributed by atoms with Gasteiger partial charge in [-0.3, -0.25) is 0 Å². The molecule has 1 aromatic carbocycles. The van der Waals surface area contributed by atoms with Gasteiger partial charge >= 0.3 is 6.36 Å². The molecule has 0 bridgehead atoms. The van der Waals surface area contributed by atoms with Crippen molar-refractivity contribution in [3.05, 3.63) is 41.9 Å². The summed E-state index contributed by atoms with van der Waals surface area (Å²) in [6, 6.07) is 6.48. The molecule has 3 heterocycles. The van der Waals surface area contributed by atoms with Crippen LogP contribution in [0.1, 0.15) is 24.1 Å². The summed E-state index contributed by atoms with van der Waals surface area (Å²) in [6.45, 7) is 4.66. The van der Waals surface area contributed by atoms with E-state index in [2.05, 4.69) is 24.8 Å². The summed E-state index contributed by atoms with van der Waals surface area (Å²) in [5, 5.41) is 9.32. The van der Waals surface area contributed by atoms with Gasteiger partial charge in [0.25, 0.3) is 0 Å². The molecule has 1 saturated heterocycles. The largest absolute Gasteiger partial charge is 0.573 e. The third-order valence-corrected chi connectivity index (χ3v) is 7.60. The Kier molecular flexibility index (Phi) is 5.64. The maximum Gasteiger partial charge on any atom is 0.573 e. The van der Waals surface area contributed by atoms with E-state index in [1.54, 1.807) is 23.9 Å². The molecule has 5 rings (SSSR count). The zero-order valence-corrected chi connectivity index (χ0v) is 19.1. The van der Waals surface area contributed by atoms with E-state index in [-0.39, 0.29) is 11.2 Å². The Bertz CT molecular complexity index is 1150. The third-order valence-electron chi connectivity index (χ3n) is 6.49. The van der Waals surface area contributed by atoms with Crippen LogP contribution in [0.2, 0.25) is 0 Å². The highest BCUT2D eigenvalue weighted by molar-refractivity contribution is 7.99. The van der Waals surface area contributed by atoms with Gasteiger partial charge in [-0.05, 0) is 49.9 Å². The van der Waals surface area contributed by atoms with Crippen LogP contribution in [0, 0.1) is 12.8 Å². The van der Waals surface area contributed by atoms with Crippen molar-refractivity contribution in [2.24, 2.45) is 13.0 Å². The number of thioether (sulfide) groups is 1.